The van der Waals surface area contributed by atoms with Gasteiger partial charge in [0.1, 0.15) is 0 Å². The fourth-order valence-corrected chi connectivity index (χ4v) is 2.59. The van der Waals surface area contributed by atoms with Gasteiger partial charge >= 0.3 is 0 Å². The summed E-state index contributed by atoms with van der Waals surface area (Å²) in [5.74, 6) is 0.962. The predicted octanol–water partition coefficient (Wildman–Crippen LogP) is 3.67. The summed E-state index contributed by atoms with van der Waals surface area (Å²) in [4.78, 5) is 2.68. The third kappa shape index (κ3) is 6.19. The van der Waals surface area contributed by atoms with Gasteiger partial charge in [-0.05, 0) is 58.5 Å². The van der Waals surface area contributed by atoms with Gasteiger partial charge in [0.15, 0.2) is 0 Å². The van der Waals surface area contributed by atoms with Crippen LogP contribution in [0.3, 0.4) is 0 Å². The lowest BCUT2D eigenvalue weighted by molar-refractivity contribution is 0.185. The van der Waals surface area contributed by atoms with E-state index in [-0.39, 0.29) is 0 Å². The fourth-order valence-electron chi connectivity index (χ4n) is 2.59. The van der Waals surface area contributed by atoms with Crippen LogP contribution in [0.25, 0.3) is 0 Å². The molecule has 1 fully saturated rings. The highest BCUT2D eigenvalue weighted by Gasteiger charge is 2.32. The highest BCUT2D eigenvalue weighted by Crippen LogP contribution is 2.33. The molecule has 0 aromatic heterocycles. The molecule has 18 heavy (non-hydrogen) atoms. The number of unbranched alkanes of at least 4 members (excludes halogenated alkanes) is 2. The summed E-state index contributed by atoms with van der Waals surface area (Å²) in [7, 11) is 0. The van der Waals surface area contributed by atoms with Crippen molar-refractivity contribution >= 4 is 0 Å². The number of nitrogens with zero attached hydrogens (tertiary/aromatic N) is 1. The number of hydrogen-bond donors (Lipinski definition) is 1. The van der Waals surface area contributed by atoms with Crippen molar-refractivity contribution in [1.82, 2.24) is 10.2 Å². The van der Waals surface area contributed by atoms with E-state index in [4.69, 9.17) is 0 Å². The van der Waals surface area contributed by atoms with Gasteiger partial charge < -0.3 is 5.32 Å². The van der Waals surface area contributed by atoms with E-state index in [9.17, 15) is 0 Å². The first-order chi connectivity index (χ1) is 8.69. The van der Waals surface area contributed by atoms with Crippen molar-refractivity contribution in [2.45, 2.75) is 78.3 Å². The lowest BCUT2D eigenvalue weighted by atomic mass is 10.1. The van der Waals surface area contributed by atoms with Gasteiger partial charge in [0, 0.05) is 18.6 Å². The molecule has 0 amide bonds. The zero-order valence-corrected chi connectivity index (χ0v) is 13.0. The summed E-state index contributed by atoms with van der Waals surface area (Å²) in [5.41, 5.74) is 0. The van der Waals surface area contributed by atoms with Crippen LogP contribution in [0.1, 0.15) is 66.2 Å². The second kappa shape index (κ2) is 8.92. The summed E-state index contributed by atoms with van der Waals surface area (Å²) >= 11 is 0. The van der Waals surface area contributed by atoms with Crippen LogP contribution in [-0.4, -0.2) is 36.6 Å². The Morgan fingerprint density at radius 1 is 1.11 bits per heavy atom. The standard InChI is InChI=1S/C16H34N2/c1-5-7-8-12-18(14(3)4)13-16(15-9-10-15)17-11-6-2/h14-17H,5-13H2,1-4H3. The van der Waals surface area contributed by atoms with Gasteiger partial charge in [-0.15, -0.1) is 0 Å². The molecular weight excluding hydrogens is 220 g/mol. The number of hydrogen-bond acceptors (Lipinski definition) is 2. The minimum absolute atomic E-state index is 0.687. The maximum atomic E-state index is 3.77. The van der Waals surface area contributed by atoms with Crippen LogP contribution < -0.4 is 5.32 Å². The molecule has 1 unspecified atom stereocenters. The second-order valence-corrected chi connectivity index (χ2v) is 6.19. The maximum Gasteiger partial charge on any atom is 0.0223 e. The van der Waals surface area contributed by atoms with Gasteiger partial charge in [-0.1, -0.05) is 26.7 Å². The van der Waals surface area contributed by atoms with Gasteiger partial charge in [0.25, 0.3) is 0 Å². The van der Waals surface area contributed by atoms with Crippen molar-refractivity contribution in [3.8, 4) is 0 Å². The molecule has 1 rings (SSSR count). The molecule has 0 aromatic carbocycles. The molecule has 0 aliphatic heterocycles. The summed E-state index contributed by atoms with van der Waals surface area (Å²) in [6.07, 6.45) is 8.21. The Kier molecular flexibility index (Phi) is 7.92. The van der Waals surface area contributed by atoms with Crippen molar-refractivity contribution in [3.63, 3.8) is 0 Å². The van der Waals surface area contributed by atoms with E-state index < -0.39 is 0 Å². The monoisotopic (exact) mass is 254 g/mol. The second-order valence-electron chi connectivity index (χ2n) is 6.19. The SMILES string of the molecule is CCCCCN(CC(NCCC)C1CC1)C(C)C. The molecule has 0 bridgehead atoms. The normalized spacial score (nSPS) is 17.7. The van der Waals surface area contributed by atoms with Crippen molar-refractivity contribution in [3.05, 3.63) is 0 Å². The Morgan fingerprint density at radius 2 is 1.83 bits per heavy atom. The fraction of sp³-hybridized carbons (Fsp3) is 1.00. The van der Waals surface area contributed by atoms with E-state index in [1.165, 1.54) is 58.2 Å². The minimum atomic E-state index is 0.687. The Bertz CT molecular complexity index is 199. The van der Waals surface area contributed by atoms with Crippen molar-refractivity contribution < 1.29 is 0 Å². The molecule has 0 saturated heterocycles. The van der Waals surface area contributed by atoms with Crippen LogP contribution in [0.15, 0.2) is 0 Å². The van der Waals surface area contributed by atoms with Crippen LogP contribution >= 0.6 is 0 Å². The van der Waals surface area contributed by atoms with Gasteiger partial charge in [-0.2, -0.15) is 0 Å². The molecule has 2 nitrogen and oxygen atoms in total. The van der Waals surface area contributed by atoms with Crippen molar-refractivity contribution in [1.29, 1.82) is 0 Å². The Labute approximate surface area is 115 Å². The first kappa shape index (κ1) is 16.0. The highest BCUT2D eigenvalue weighted by atomic mass is 15.2. The lowest BCUT2D eigenvalue weighted by Gasteiger charge is -2.31. The molecule has 0 spiro atoms. The van der Waals surface area contributed by atoms with E-state index >= 15 is 0 Å². The third-order valence-corrected chi connectivity index (χ3v) is 4.06. The molecule has 1 aliphatic carbocycles. The molecular formula is C16H34N2. The zero-order valence-electron chi connectivity index (χ0n) is 13.0. The average Bonchev–Trinajstić information content (AvgIpc) is 3.16. The summed E-state index contributed by atoms with van der Waals surface area (Å²) in [6.45, 7) is 13.0. The molecule has 1 aliphatic rings. The van der Waals surface area contributed by atoms with Crippen LogP contribution in [-0.2, 0) is 0 Å². The van der Waals surface area contributed by atoms with Crippen molar-refractivity contribution in [2.24, 2.45) is 5.92 Å². The largest absolute Gasteiger partial charge is 0.312 e. The summed E-state index contributed by atoms with van der Waals surface area (Å²) < 4.78 is 0. The zero-order chi connectivity index (χ0) is 13.4. The lowest BCUT2D eigenvalue weighted by Crippen LogP contribution is -2.45. The first-order valence-electron chi connectivity index (χ1n) is 8.16. The van der Waals surface area contributed by atoms with Gasteiger partial charge in [-0.3, -0.25) is 4.90 Å². The van der Waals surface area contributed by atoms with E-state index in [2.05, 4.69) is 37.9 Å². The van der Waals surface area contributed by atoms with Gasteiger partial charge in [0.05, 0.1) is 0 Å². The smallest absolute Gasteiger partial charge is 0.0223 e. The molecule has 0 aromatic rings. The predicted molar refractivity (Wildman–Crippen MR) is 81.0 cm³/mol. The summed E-state index contributed by atoms with van der Waals surface area (Å²) in [5, 5.41) is 3.77. The van der Waals surface area contributed by atoms with Gasteiger partial charge in [0.2, 0.25) is 0 Å². The number of rotatable bonds is 11. The minimum Gasteiger partial charge on any atom is -0.312 e. The first-order valence-corrected chi connectivity index (χ1v) is 8.16. The van der Waals surface area contributed by atoms with Crippen LogP contribution in [0.5, 0.6) is 0 Å². The van der Waals surface area contributed by atoms with Crippen LogP contribution in [0.2, 0.25) is 0 Å². The Morgan fingerprint density at radius 3 is 2.33 bits per heavy atom. The van der Waals surface area contributed by atoms with E-state index in [0.29, 0.717) is 6.04 Å². The molecule has 1 N–H and O–H groups in total. The van der Waals surface area contributed by atoms with Crippen LogP contribution in [0, 0.1) is 5.92 Å². The topological polar surface area (TPSA) is 15.3 Å². The molecule has 0 radical (unpaired) electrons. The molecule has 1 atom stereocenters. The molecule has 0 heterocycles. The maximum absolute atomic E-state index is 3.77. The molecule has 2 heteroatoms. The number of nitrogens with one attached hydrogen (secondary N) is 1. The van der Waals surface area contributed by atoms with E-state index in [1.807, 2.05) is 0 Å². The van der Waals surface area contributed by atoms with E-state index in [1.54, 1.807) is 0 Å². The van der Waals surface area contributed by atoms with Gasteiger partial charge in [-0.25, -0.2) is 0 Å². The Balaban J connectivity index is 2.35. The molecule has 1 saturated carbocycles. The van der Waals surface area contributed by atoms with Crippen LogP contribution in [0.4, 0.5) is 0 Å². The molecule has 108 valence electrons. The Hall–Kier alpha value is -0.0800. The third-order valence-electron chi connectivity index (χ3n) is 4.06. The quantitative estimate of drug-likeness (QED) is 0.566. The average molecular weight is 254 g/mol. The van der Waals surface area contributed by atoms with E-state index in [0.717, 1.165) is 12.0 Å². The summed E-state index contributed by atoms with van der Waals surface area (Å²) in [6, 6.07) is 1.43. The van der Waals surface area contributed by atoms with Crippen molar-refractivity contribution in [2.75, 3.05) is 19.6 Å². The highest BCUT2D eigenvalue weighted by molar-refractivity contribution is 4.89.